The number of nitrogens with zero attached hydrogens (tertiary/aromatic N) is 4. The second-order valence-electron chi connectivity index (χ2n) is 4.94. The summed E-state index contributed by atoms with van der Waals surface area (Å²) in [6.45, 7) is 4.32. The van der Waals surface area contributed by atoms with Crippen LogP contribution >= 0.6 is 0 Å². The zero-order valence-corrected chi connectivity index (χ0v) is 11.7. The molecule has 0 aliphatic rings. The number of aromatic nitrogens is 4. The molecule has 0 aliphatic heterocycles. The van der Waals surface area contributed by atoms with Crippen LogP contribution in [0.2, 0.25) is 0 Å². The van der Waals surface area contributed by atoms with Gasteiger partial charge in [0.05, 0.1) is 18.7 Å². The molecule has 0 fully saturated rings. The summed E-state index contributed by atoms with van der Waals surface area (Å²) in [6.07, 6.45) is -4.39. The highest BCUT2D eigenvalue weighted by molar-refractivity contribution is 5.29. The molecule has 0 saturated carbocycles. The molecule has 2 aromatic rings. The number of nitrogens with one attached hydrogen (secondary N) is 1. The Labute approximate surface area is 120 Å². The Morgan fingerprint density at radius 1 is 1.24 bits per heavy atom. The first-order valence-electron chi connectivity index (χ1n) is 6.51. The van der Waals surface area contributed by atoms with E-state index in [9.17, 15) is 13.2 Å². The SMILES string of the molecule is CC(C)NCc1nnnn1Cc1ccccc1C(F)(F)F. The van der Waals surface area contributed by atoms with Gasteiger partial charge in [-0.2, -0.15) is 13.2 Å². The van der Waals surface area contributed by atoms with Crippen LogP contribution in [0, 0.1) is 0 Å². The molecule has 8 heteroatoms. The van der Waals surface area contributed by atoms with Gasteiger partial charge < -0.3 is 5.32 Å². The molecule has 0 amide bonds. The summed E-state index contributed by atoms with van der Waals surface area (Å²) in [5.74, 6) is 0.501. The Morgan fingerprint density at radius 3 is 2.62 bits per heavy atom. The largest absolute Gasteiger partial charge is 0.416 e. The van der Waals surface area contributed by atoms with Crippen molar-refractivity contribution in [2.24, 2.45) is 0 Å². The van der Waals surface area contributed by atoms with Gasteiger partial charge in [-0.3, -0.25) is 0 Å². The van der Waals surface area contributed by atoms with Crippen molar-refractivity contribution in [3.05, 3.63) is 41.2 Å². The monoisotopic (exact) mass is 299 g/mol. The van der Waals surface area contributed by atoms with Crippen LogP contribution in [-0.2, 0) is 19.3 Å². The maximum atomic E-state index is 13.0. The fourth-order valence-electron chi connectivity index (χ4n) is 1.86. The van der Waals surface area contributed by atoms with Crippen molar-refractivity contribution in [1.82, 2.24) is 25.5 Å². The molecule has 2 rings (SSSR count). The first-order chi connectivity index (χ1) is 9.88. The van der Waals surface area contributed by atoms with Crippen LogP contribution in [0.25, 0.3) is 0 Å². The smallest absolute Gasteiger partial charge is 0.308 e. The minimum Gasteiger partial charge on any atom is -0.308 e. The number of tetrazole rings is 1. The van der Waals surface area contributed by atoms with Gasteiger partial charge in [0, 0.05) is 6.04 Å². The minimum atomic E-state index is -4.39. The van der Waals surface area contributed by atoms with E-state index in [0.29, 0.717) is 12.4 Å². The number of alkyl halides is 3. The van der Waals surface area contributed by atoms with E-state index in [2.05, 4.69) is 20.8 Å². The fourth-order valence-corrected chi connectivity index (χ4v) is 1.86. The average molecular weight is 299 g/mol. The van der Waals surface area contributed by atoms with Crippen LogP contribution in [0.5, 0.6) is 0 Å². The third-order valence-electron chi connectivity index (χ3n) is 2.92. The summed E-state index contributed by atoms with van der Waals surface area (Å²) in [5.41, 5.74) is -0.522. The van der Waals surface area contributed by atoms with Gasteiger partial charge in [0.1, 0.15) is 0 Å². The zero-order chi connectivity index (χ0) is 15.5. The molecular formula is C13H16F3N5. The van der Waals surface area contributed by atoms with E-state index in [1.54, 1.807) is 6.07 Å². The van der Waals surface area contributed by atoms with Crippen molar-refractivity contribution in [3.63, 3.8) is 0 Å². The Balaban J connectivity index is 2.22. The molecular weight excluding hydrogens is 283 g/mol. The highest BCUT2D eigenvalue weighted by Gasteiger charge is 2.33. The number of halogens is 3. The number of rotatable bonds is 5. The van der Waals surface area contributed by atoms with Crippen molar-refractivity contribution < 1.29 is 13.2 Å². The Bertz CT molecular complexity index is 591. The Morgan fingerprint density at radius 2 is 1.95 bits per heavy atom. The van der Waals surface area contributed by atoms with Crippen LogP contribution in [-0.4, -0.2) is 26.2 Å². The highest BCUT2D eigenvalue weighted by atomic mass is 19.4. The average Bonchev–Trinajstić information content (AvgIpc) is 2.83. The summed E-state index contributed by atoms with van der Waals surface area (Å²) in [6, 6.07) is 5.67. The molecule has 21 heavy (non-hydrogen) atoms. The molecule has 0 spiro atoms. The molecule has 1 aromatic heterocycles. The Hall–Kier alpha value is -1.96. The van der Waals surface area contributed by atoms with Crippen LogP contribution in [0.15, 0.2) is 24.3 Å². The van der Waals surface area contributed by atoms with Crippen molar-refractivity contribution in [3.8, 4) is 0 Å². The summed E-state index contributed by atoms with van der Waals surface area (Å²) in [5, 5.41) is 14.3. The van der Waals surface area contributed by atoms with Crippen LogP contribution in [0.4, 0.5) is 13.2 Å². The van der Waals surface area contributed by atoms with E-state index in [4.69, 9.17) is 0 Å². The summed E-state index contributed by atoms with van der Waals surface area (Å²) < 4.78 is 40.2. The molecule has 0 bridgehead atoms. The predicted octanol–water partition coefficient (Wildman–Crippen LogP) is 2.24. The number of hydrogen-bond acceptors (Lipinski definition) is 4. The molecule has 0 aliphatic carbocycles. The normalized spacial score (nSPS) is 12.1. The van der Waals surface area contributed by atoms with E-state index in [1.807, 2.05) is 13.8 Å². The summed E-state index contributed by atoms with van der Waals surface area (Å²) in [4.78, 5) is 0. The minimum absolute atomic E-state index is 0.0161. The first kappa shape index (κ1) is 15.4. The van der Waals surface area contributed by atoms with Crippen LogP contribution < -0.4 is 5.32 Å². The molecule has 114 valence electrons. The third kappa shape index (κ3) is 4.01. The second-order valence-corrected chi connectivity index (χ2v) is 4.94. The maximum absolute atomic E-state index is 13.0. The van der Waals surface area contributed by atoms with Gasteiger partial charge in [-0.1, -0.05) is 32.0 Å². The highest BCUT2D eigenvalue weighted by Crippen LogP contribution is 2.32. The standard InChI is InChI=1S/C13H16F3N5/c1-9(2)17-7-12-18-19-20-21(12)8-10-5-3-4-6-11(10)13(14,15)16/h3-6,9,17H,7-8H2,1-2H3. The summed E-state index contributed by atoms with van der Waals surface area (Å²) in [7, 11) is 0. The molecule has 1 aromatic carbocycles. The maximum Gasteiger partial charge on any atom is 0.416 e. The van der Waals surface area contributed by atoms with Gasteiger partial charge in [-0.25, -0.2) is 4.68 Å². The lowest BCUT2D eigenvalue weighted by molar-refractivity contribution is -0.138. The van der Waals surface area contributed by atoms with Crippen molar-refractivity contribution in [2.75, 3.05) is 0 Å². The molecule has 1 N–H and O–H groups in total. The molecule has 0 unspecified atom stereocenters. The molecule has 0 atom stereocenters. The quantitative estimate of drug-likeness (QED) is 0.920. The van der Waals surface area contributed by atoms with Gasteiger partial charge in [-0.05, 0) is 22.1 Å². The van der Waals surface area contributed by atoms with Crippen molar-refractivity contribution >= 4 is 0 Å². The molecule has 5 nitrogen and oxygen atoms in total. The molecule has 0 saturated heterocycles. The summed E-state index contributed by atoms with van der Waals surface area (Å²) >= 11 is 0. The fraction of sp³-hybridized carbons (Fsp3) is 0.462. The van der Waals surface area contributed by atoms with E-state index < -0.39 is 11.7 Å². The van der Waals surface area contributed by atoms with Crippen molar-refractivity contribution in [2.45, 2.75) is 39.2 Å². The van der Waals surface area contributed by atoms with Gasteiger partial charge in [-0.15, -0.1) is 5.10 Å². The lowest BCUT2D eigenvalue weighted by Gasteiger charge is -2.13. The first-order valence-corrected chi connectivity index (χ1v) is 6.51. The lowest BCUT2D eigenvalue weighted by atomic mass is 10.1. The molecule has 0 radical (unpaired) electrons. The van der Waals surface area contributed by atoms with E-state index in [-0.39, 0.29) is 18.2 Å². The third-order valence-corrected chi connectivity index (χ3v) is 2.92. The van der Waals surface area contributed by atoms with Gasteiger partial charge in [0.15, 0.2) is 5.82 Å². The lowest BCUT2D eigenvalue weighted by Crippen LogP contribution is -2.24. The Kier molecular flexibility index (Phi) is 4.56. The zero-order valence-electron chi connectivity index (χ0n) is 11.7. The van der Waals surface area contributed by atoms with E-state index in [1.165, 1.54) is 16.8 Å². The molecule has 1 heterocycles. The predicted molar refractivity (Wildman–Crippen MR) is 70.3 cm³/mol. The number of benzene rings is 1. The van der Waals surface area contributed by atoms with Crippen molar-refractivity contribution in [1.29, 1.82) is 0 Å². The van der Waals surface area contributed by atoms with Gasteiger partial charge in [0.25, 0.3) is 0 Å². The van der Waals surface area contributed by atoms with Gasteiger partial charge in [0.2, 0.25) is 0 Å². The number of hydrogen-bond donors (Lipinski definition) is 1. The van der Waals surface area contributed by atoms with E-state index in [0.717, 1.165) is 6.07 Å². The topological polar surface area (TPSA) is 55.6 Å². The van der Waals surface area contributed by atoms with Crippen LogP contribution in [0.1, 0.15) is 30.8 Å². The second kappa shape index (κ2) is 6.21. The van der Waals surface area contributed by atoms with Crippen LogP contribution in [0.3, 0.4) is 0 Å². The van der Waals surface area contributed by atoms with Gasteiger partial charge >= 0.3 is 6.18 Å². The van der Waals surface area contributed by atoms with E-state index >= 15 is 0 Å².